The van der Waals surface area contributed by atoms with Gasteiger partial charge >= 0.3 is 0 Å². The predicted octanol–water partition coefficient (Wildman–Crippen LogP) is 0.00900. The Bertz CT molecular complexity index is 340. The molecule has 74 valence electrons. The summed E-state index contributed by atoms with van der Waals surface area (Å²) >= 11 is 0. The summed E-state index contributed by atoms with van der Waals surface area (Å²) in [5, 5.41) is 0. The van der Waals surface area contributed by atoms with Crippen LogP contribution in [-0.4, -0.2) is 29.1 Å². The van der Waals surface area contributed by atoms with Crippen LogP contribution in [0.25, 0.3) is 0 Å². The number of halogens is 1. The van der Waals surface area contributed by atoms with Gasteiger partial charge in [0.05, 0.1) is 12.4 Å². The van der Waals surface area contributed by atoms with E-state index >= 15 is 0 Å². The molecule has 3 rings (SSSR count). The molecule has 0 aromatic carbocycles. The molecule has 14 heavy (non-hydrogen) atoms. The van der Waals surface area contributed by atoms with E-state index in [4.69, 9.17) is 5.73 Å². The Balaban J connectivity index is 1.76. The van der Waals surface area contributed by atoms with Crippen molar-refractivity contribution in [1.29, 1.82) is 0 Å². The number of hydrogen-bond acceptors (Lipinski definition) is 4. The number of rotatable bonds is 1. The first kappa shape index (κ1) is 8.11. The largest absolute Gasteiger partial charge is 0.340 e. The molecule has 0 spiro atoms. The van der Waals surface area contributed by atoms with Crippen LogP contribution in [0.2, 0.25) is 0 Å². The highest BCUT2D eigenvalue weighted by Crippen LogP contribution is 2.44. The number of nitrogens with zero attached hydrogens (tertiary/aromatic N) is 3. The minimum absolute atomic E-state index is 0.367. The first-order valence-electron chi connectivity index (χ1n) is 4.74. The van der Waals surface area contributed by atoms with E-state index in [0.717, 1.165) is 13.1 Å². The van der Waals surface area contributed by atoms with Crippen LogP contribution in [0.5, 0.6) is 0 Å². The fraction of sp³-hybridized carbons (Fsp3) is 0.556. The summed E-state index contributed by atoms with van der Waals surface area (Å²) in [5.41, 5.74) is 5.81. The lowest BCUT2D eigenvalue weighted by Crippen LogP contribution is -2.29. The minimum Gasteiger partial charge on any atom is -0.340 e. The van der Waals surface area contributed by atoms with Gasteiger partial charge in [-0.05, 0) is 11.8 Å². The lowest BCUT2D eigenvalue weighted by atomic mass is 10.4. The first-order chi connectivity index (χ1) is 6.75. The van der Waals surface area contributed by atoms with Crippen molar-refractivity contribution in [3.63, 3.8) is 0 Å². The van der Waals surface area contributed by atoms with Crippen molar-refractivity contribution in [3.05, 3.63) is 18.2 Å². The van der Waals surface area contributed by atoms with Gasteiger partial charge in [-0.1, -0.05) is 0 Å². The SMILES string of the molecule is NC1[C@H]2CN(c3ncc(F)cn3)C[C@@H]12. The summed E-state index contributed by atoms with van der Waals surface area (Å²) in [7, 11) is 0. The second kappa shape index (κ2) is 2.63. The van der Waals surface area contributed by atoms with Gasteiger partial charge in [0.15, 0.2) is 5.82 Å². The second-order valence-corrected chi connectivity index (χ2v) is 4.01. The summed E-state index contributed by atoms with van der Waals surface area (Å²) in [6.07, 6.45) is 2.40. The Labute approximate surface area is 80.9 Å². The molecule has 2 N–H and O–H groups in total. The zero-order valence-corrected chi connectivity index (χ0v) is 7.60. The van der Waals surface area contributed by atoms with E-state index in [1.165, 1.54) is 12.4 Å². The number of piperidine rings is 1. The summed E-state index contributed by atoms with van der Waals surface area (Å²) in [6.45, 7) is 1.83. The molecule has 2 fully saturated rings. The zero-order valence-electron chi connectivity index (χ0n) is 7.60. The van der Waals surface area contributed by atoms with Gasteiger partial charge in [-0.3, -0.25) is 0 Å². The maximum atomic E-state index is 12.6. The summed E-state index contributed by atoms with van der Waals surface area (Å²) in [6, 6.07) is 0.367. The summed E-state index contributed by atoms with van der Waals surface area (Å²) in [4.78, 5) is 9.95. The normalized spacial score (nSPS) is 34.4. The first-order valence-corrected chi connectivity index (χ1v) is 4.74. The van der Waals surface area contributed by atoms with Gasteiger partial charge in [0.2, 0.25) is 5.95 Å². The van der Waals surface area contributed by atoms with E-state index in [0.29, 0.717) is 23.8 Å². The maximum Gasteiger partial charge on any atom is 0.225 e. The fourth-order valence-electron chi connectivity index (χ4n) is 2.20. The van der Waals surface area contributed by atoms with Crippen LogP contribution in [0.4, 0.5) is 10.3 Å². The predicted molar refractivity (Wildman–Crippen MR) is 49.2 cm³/mol. The topological polar surface area (TPSA) is 55.0 Å². The Morgan fingerprint density at radius 2 is 1.86 bits per heavy atom. The molecule has 5 heteroatoms. The van der Waals surface area contributed by atoms with E-state index in [2.05, 4.69) is 14.9 Å². The number of anilines is 1. The van der Waals surface area contributed by atoms with Crippen molar-refractivity contribution in [2.45, 2.75) is 6.04 Å². The lowest BCUT2D eigenvalue weighted by molar-refractivity contribution is 0.610. The number of fused-ring (bicyclic) bond motifs is 1. The third kappa shape index (κ3) is 1.09. The molecule has 1 saturated heterocycles. The Morgan fingerprint density at radius 3 is 2.43 bits per heavy atom. The highest BCUT2D eigenvalue weighted by Gasteiger charge is 2.54. The van der Waals surface area contributed by atoms with Gasteiger partial charge in [-0.2, -0.15) is 0 Å². The molecule has 0 amide bonds. The van der Waals surface area contributed by atoms with Crippen molar-refractivity contribution < 1.29 is 4.39 Å². The van der Waals surface area contributed by atoms with Crippen molar-refractivity contribution in [2.75, 3.05) is 18.0 Å². The number of aromatic nitrogens is 2. The monoisotopic (exact) mass is 194 g/mol. The second-order valence-electron chi connectivity index (χ2n) is 4.01. The van der Waals surface area contributed by atoms with Gasteiger partial charge in [0.1, 0.15) is 0 Å². The summed E-state index contributed by atoms with van der Waals surface area (Å²) in [5.74, 6) is 1.42. The van der Waals surface area contributed by atoms with Gasteiger partial charge in [-0.15, -0.1) is 0 Å². The molecule has 0 radical (unpaired) electrons. The molecule has 0 bridgehead atoms. The quantitative estimate of drug-likeness (QED) is 0.684. The van der Waals surface area contributed by atoms with Crippen molar-refractivity contribution in [3.8, 4) is 0 Å². The highest BCUT2D eigenvalue weighted by atomic mass is 19.1. The van der Waals surface area contributed by atoms with Crippen LogP contribution in [-0.2, 0) is 0 Å². The van der Waals surface area contributed by atoms with E-state index in [1.807, 2.05) is 0 Å². The van der Waals surface area contributed by atoms with Crippen LogP contribution in [0, 0.1) is 17.7 Å². The minimum atomic E-state index is -0.394. The van der Waals surface area contributed by atoms with E-state index in [1.54, 1.807) is 0 Å². The molecule has 1 aromatic rings. The van der Waals surface area contributed by atoms with E-state index in [9.17, 15) is 4.39 Å². The Morgan fingerprint density at radius 1 is 1.29 bits per heavy atom. The van der Waals surface area contributed by atoms with Crippen molar-refractivity contribution in [1.82, 2.24) is 9.97 Å². The van der Waals surface area contributed by atoms with Crippen LogP contribution in [0.3, 0.4) is 0 Å². The molecule has 2 heterocycles. The van der Waals surface area contributed by atoms with E-state index in [-0.39, 0.29) is 0 Å². The molecule has 3 atom stereocenters. The van der Waals surface area contributed by atoms with Crippen molar-refractivity contribution in [2.24, 2.45) is 17.6 Å². The number of nitrogens with two attached hydrogens (primary N) is 1. The molecule has 2 aliphatic rings. The van der Waals surface area contributed by atoms with E-state index < -0.39 is 5.82 Å². The van der Waals surface area contributed by atoms with Crippen LogP contribution < -0.4 is 10.6 Å². The standard InChI is InChI=1S/C9H11FN4/c10-5-1-12-9(13-2-5)14-3-6-7(4-14)8(6)11/h1-2,6-8H,3-4,11H2/t6-,7+,8?. The Kier molecular flexibility index (Phi) is 1.53. The molecule has 1 aromatic heterocycles. The Hall–Kier alpha value is -1.23. The smallest absolute Gasteiger partial charge is 0.225 e. The maximum absolute atomic E-state index is 12.6. The zero-order chi connectivity index (χ0) is 9.71. The van der Waals surface area contributed by atoms with Gasteiger partial charge in [-0.25, -0.2) is 14.4 Å². The average molecular weight is 194 g/mol. The van der Waals surface area contributed by atoms with Crippen LogP contribution in [0.1, 0.15) is 0 Å². The lowest BCUT2D eigenvalue weighted by Gasteiger charge is -2.18. The molecular formula is C9H11FN4. The van der Waals surface area contributed by atoms with Crippen molar-refractivity contribution >= 4 is 5.95 Å². The van der Waals surface area contributed by atoms with Crippen LogP contribution in [0.15, 0.2) is 12.4 Å². The van der Waals surface area contributed by atoms with Crippen LogP contribution >= 0.6 is 0 Å². The molecular weight excluding hydrogens is 183 g/mol. The molecule has 1 aliphatic carbocycles. The van der Waals surface area contributed by atoms with Gasteiger partial charge < -0.3 is 10.6 Å². The van der Waals surface area contributed by atoms with Gasteiger partial charge in [0.25, 0.3) is 0 Å². The van der Waals surface area contributed by atoms with Gasteiger partial charge in [0, 0.05) is 19.1 Å². The number of hydrogen-bond donors (Lipinski definition) is 1. The fourth-order valence-corrected chi connectivity index (χ4v) is 2.20. The molecule has 1 saturated carbocycles. The molecule has 4 nitrogen and oxygen atoms in total. The third-order valence-corrected chi connectivity index (χ3v) is 3.15. The molecule has 1 aliphatic heterocycles. The summed E-state index contributed by atoms with van der Waals surface area (Å²) < 4.78 is 12.6. The third-order valence-electron chi connectivity index (χ3n) is 3.15. The highest BCUT2D eigenvalue weighted by molar-refractivity contribution is 5.35. The average Bonchev–Trinajstić information content (AvgIpc) is 2.66. The molecule has 1 unspecified atom stereocenters.